The lowest BCUT2D eigenvalue weighted by Gasteiger charge is -2.15. The van der Waals surface area contributed by atoms with Gasteiger partial charge in [-0.05, 0) is 18.9 Å². The van der Waals surface area contributed by atoms with Crippen molar-refractivity contribution < 1.29 is 19.8 Å². The molecule has 3 unspecified atom stereocenters. The summed E-state index contributed by atoms with van der Waals surface area (Å²) in [6.45, 7) is 3.00. The summed E-state index contributed by atoms with van der Waals surface area (Å²) in [5.74, 6) is -1.09. The summed E-state index contributed by atoms with van der Waals surface area (Å²) in [4.78, 5) is 21.9. The number of nitrogens with one attached hydrogen (secondary N) is 2. The number of carbonyl (C=O) groups is 2. The molecule has 6 nitrogen and oxygen atoms in total. The van der Waals surface area contributed by atoms with Gasteiger partial charge in [0.2, 0.25) is 5.91 Å². The van der Waals surface area contributed by atoms with Crippen LogP contribution in [0.2, 0.25) is 0 Å². The van der Waals surface area contributed by atoms with E-state index < -0.39 is 12.1 Å². The second kappa shape index (κ2) is 5.81. The van der Waals surface area contributed by atoms with Gasteiger partial charge in [-0.15, -0.1) is 0 Å². The predicted octanol–water partition coefficient (Wildman–Crippen LogP) is -1.06. The Hall–Kier alpha value is -1.14. The highest BCUT2D eigenvalue weighted by atomic mass is 16.4. The van der Waals surface area contributed by atoms with E-state index in [1.807, 2.05) is 6.92 Å². The van der Waals surface area contributed by atoms with Crippen LogP contribution >= 0.6 is 0 Å². The van der Waals surface area contributed by atoms with Crippen molar-refractivity contribution in [3.05, 3.63) is 0 Å². The fourth-order valence-corrected chi connectivity index (χ4v) is 1.75. The molecule has 0 bridgehead atoms. The van der Waals surface area contributed by atoms with Gasteiger partial charge >= 0.3 is 5.97 Å². The van der Waals surface area contributed by atoms with Crippen LogP contribution in [0.15, 0.2) is 0 Å². The highest BCUT2D eigenvalue weighted by molar-refractivity contribution is 5.82. The maximum atomic E-state index is 11.6. The Balaban J connectivity index is 2.22. The van der Waals surface area contributed by atoms with Crippen molar-refractivity contribution in [2.24, 2.45) is 5.92 Å². The molecule has 1 saturated heterocycles. The van der Waals surface area contributed by atoms with Crippen molar-refractivity contribution in [2.45, 2.75) is 31.9 Å². The van der Waals surface area contributed by atoms with Crippen LogP contribution in [0.1, 0.15) is 19.8 Å². The van der Waals surface area contributed by atoms with Crippen LogP contribution in [0.25, 0.3) is 0 Å². The summed E-state index contributed by atoms with van der Waals surface area (Å²) in [5.41, 5.74) is 0. The summed E-state index contributed by atoms with van der Waals surface area (Å²) in [6, 6.07) is -0.193. The van der Waals surface area contributed by atoms with E-state index in [0.717, 1.165) is 13.0 Å². The van der Waals surface area contributed by atoms with Crippen molar-refractivity contribution >= 4 is 11.9 Å². The minimum absolute atomic E-state index is 0.0299. The topological polar surface area (TPSA) is 98.7 Å². The molecule has 0 saturated carbocycles. The number of hydrogen-bond donors (Lipinski definition) is 4. The first-order valence-corrected chi connectivity index (χ1v) is 5.44. The number of rotatable bonds is 5. The third-order valence-electron chi connectivity index (χ3n) is 2.82. The van der Waals surface area contributed by atoms with E-state index in [0.29, 0.717) is 5.92 Å². The molecule has 1 fully saturated rings. The van der Waals surface area contributed by atoms with Gasteiger partial charge in [0.05, 0.1) is 6.04 Å². The van der Waals surface area contributed by atoms with Crippen LogP contribution < -0.4 is 10.6 Å². The molecule has 6 heteroatoms. The normalized spacial score (nSPS) is 26.4. The second-order valence-corrected chi connectivity index (χ2v) is 4.13. The number of carboxylic acid groups (broad SMARTS) is 1. The smallest absolute Gasteiger partial charge is 0.332 e. The van der Waals surface area contributed by atoms with E-state index in [2.05, 4.69) is 10.6 Å². The van der Waals surface area contributed by atoms with Crippen LogP contribution in [0.3, 0.4) is 0 Å². The molecule has 1 amide bonds. The zero-order valence-corrected chi connectivity index (χ0v) is 9.27. The molecule has 0 aromatic carbocycles. The molecule has 1 rings (SSSR count). The Morgan fingerprint density at radius 3 is 2.75 bits per heavy atom. The van der Waals surface area contributed by atoms with E-state index in [9.17, 15) is 9.59 Å². The van der Waals surface area contributed by atoms with Gasteiger partial charge in [0.1, 0.15) is 0 Å². The van der Waals surface area contributed by atoms with Crippen molar-refractivity contribution in [3.63, 3.8) is 0 Å². The minimum atomic E-state index is -1.41. The lowest BCUT2D eigenvalue weighted by molar-refractivity contribution is -0.147. The van der Waals surface area contributed by atoms with Crippen LogP contribution in [0.5, 0.6) is 0 Å². The number of carboxylic acids is 1. The SMILES string of the molecule is CC1CCNC1C(=O)NCCC(O)C(=O)O. The minimum Gasteiger partial charge on any atom is -0.479 e. The summed E-state index contributed by atoms with van der Waals surface area (Å²) >= 11 is 0. The average molecular weight is 230 g/mol. The number of aliphatic hydroxyl groups is 1. The number of aliphatic carboxylic acids is 1. The number of hydrogen-bond acceptors (Lipinski definition) is 4. The first-order chi connectivity index (χ1) is 7.52. The summed E-state index contributed by atoms with van der Waals surface area (Å²) < 4.78 is 0. The second-order valence-electron chi connectivity index (χ2n) is 4.13. The molecule has 0 aromatic rings. The van der Waals surface area contributed by atoms with E-state index in [1.165, 1.54) is 0 Å². The number of amides is 1. The zero-order valence-electron chi connectivity index (χ0n) is 9.27. The Kier molecular flexibility index (Phi) is 4.70. The first kappa shape index (κ1) is 12.9. The molecule has 4 N–H and O–H groups in total. The van der Waals surface area contributed by atoms with Crippen molar-refractivity contribution in [1.29, 1.82) is 0 Å². The Labute approximate surface area is 94.0 Å². The monoisotopic (exact) mass is 230 g/mol. The van der Waals surface area contributed by atoms with Crippen LogP contribution in [0.4, 0.5) is 0 Å². The lowest BCUT2D eigenvalue weighted by atomic mass is 10.0. The maximum Gasteiger partial charge on any atom is 0.332 e. The van der Waals surface area contributed by atoms with Gasteiger partial charge in [-0.1, -0.05) is 6.92 Å². The van der Waals surface area contributed by atoms with E-state index in [-0.39, 0.29) is 24.9 Å². The van der Waals surface area contributed by atoms with Gasteiger partial charge in [-0.3, -0.25) is 4.79 Å². The van der Waals surface area contributed by atoms with Gasteiger partial charge in [-0.25, -0.2) is 4.79 Å². The number of aliphatic hydroxyl groups excluding tert-OH is 1. The molecule has 16 heavy (non-hydrogen) atoms. The largest absolute Gasteiger partial charge is 0.479 e. The quantitative estimate of drug-likeness (QED) is 0.482. The van der Waals surface area contributed by atoms with E-state index in [1.54, 1.807) is 0 Å². The third-order valence-corrected chi connectivity index (χ3v) is 2.82. The maximum absolute atomic E-state index is 11.6. The molecule has 1 heterocycles. The molecule has 1 aliphatic heterocycles. The molecule has 0 aliphatic carbocycles. The third kappa shape index (κ3) is 3.46. The van der Waals surface area contributed by atoms with Gasteiger partial charge in [-0.2, -0.15) is 0 Å². The van der Waals surface area contributed by atoms with Crippen molar-refractivity contribution in [2.75, 3.05) is 13.1 Å². The van der Waals surface area contributed by atoms with Gasteiger partial charge in [0, 0.05) is 13.0 Å². The van der Waals surface area contributed by atoms with Crippen LogP contribution in [-0.2, 0) is 9.59 Å². The molecule has 92 valence electrons. The van der Waals surface area contributed by atoms with Crippen molar-refractivity contribution in [3.8, 4) is 0 Å². The van der Waals surface area contributed by atoms with Gasteiger partial charge < -0.3 is 20.8 Å². The molecule has 0 radical (unpaired) electrons. The molecule has 0 spiro atoms. The number of carbonyl (C=O) groups excluding carboxylic acids is 1. The van der Waals surface area contributed by atoms with E-state index >= 15 is 0 Å². The first-order valence-electron chi connectivity index (χ1n) is 5.44. The zero-order chi connectivity index (χ0) is 12.1. The van der Waals surface area contributed by atoms with Crippen molar-refractivity contribution in [1.82, 2.24) is 10.6 Å². The van der Waals surface area contributed by atoms with E-state index in [4.69, 9.17) is 10.2 Å². The summed E-state index contributed by atoms with van der Waals surface area (Å²) in [6.07, 6.45) is -0.410. The highest BCUT2D eigenvalue weighted by Crippen LogP contribution is 2.13. The molecule has 0 aromatic heterocycles. The average Bonchev–Trinajstić information content (AvgIpc) is 2.64. The molecule has 1 aliphatic rings. The molecular weight excluding hydrogens is 212 g/mol. The molecule has 3 atom stereocenters. The van der Waals surface area contributed by atoms with Gasteiger partial charge in [0.25, 0.3) is 0 Å². The fourth-order valence-electron chi connectivity index (χ4n) is 1.75. The lowest BCUT2D eigenvalue weighted by Crippen LogP contribution is -2.44. The highest BCUT2D eigenvalue weighted by Gasteiger charge is 2.28. The Morgan fingerprint density at radius 2 is 2.25 bits per heavy atom. The Bertz CT molecular complexity index is 270. The standard InChI is InChI=1S/C10H18N2O4/c1-6-2-4-11-8(6)9(14)12-5-3-7(13)10(15)16/h6-8,11,13H,2-5H2,1H3,(H,12,14)(H,15,16). The molecular formula is C10H18N2O4. The summed E-state index contributed by atoms with van der Waals surface area (Å²) in [5, 5.41) is 23.1. The Morgan fingerprint density at radius 1 is 1.56 bits per heavy atom. The summed E-state index contributed by atoms with van der Waals surface area (Å²) in [7, 11) is 0. The van der Waals surface area contributed by atoms with Gasteiger partial charge in [0.15, 0.2) is 6.10 Å². The fraction of sp³-hybridized carbons (Fsp3) is 0.800. The predicted molar refractivity (Wildman–Crippen MR) is 56.8 cm³/mol. The van der Waals surface area contributed by atoms with Crippen LogP contribution in [-0.4, -0.2) is 47.3 Å². The van der Waals surface area contributed by atoms with Crippen LogP contribution in [0, 0.1) is 5.92 Å².